The minimum absolute atomic E-state index is 0.349. The summed E-state index contributed by atoms with van der Waals surface area (Å²) in [6.45, 7) is 6.29. The van der Waals surface area contributed by atoms with E-state index in [-0.39, 0.29) is 0 Å². The van der Waals surface area contributed by atoms with Crippen molar-refractivity contribution < 1.29 is 4.74 Å². The van der Waals surface area contributed by atoms with Crippen LogP contribution in [0.15, 0.2) is 48.0 Å². The summed E-state index contributed by atoms with van der Waals surface area (Å²) in [5.74, 6) is 0.871. The van der Waals surface area contributed by atoms with Crippen LogP contribution in [-0.2, 0) is 17.8 Å². The Morgan fingerprint density at radius 1 is 1.17 bits per heavy atom. The van der Waals surface area contributed by atoms with Crippen molar-refractivity contribution in [3.8, 4) is 0 Å². The molecule has 2 N–H and O–H groups in total. The molecule has 0 spiro atoms. The van der Waals surface area contributed by atoms with Gasteiger partial charge in [-0.15, -0.1) is 0 Å². The molecule has 0 saturated heterocycles. The number of benzene rings is 1. The van der Waals surface area contributed by atoms with E-state index in [1.165, 1.54) is 36.8 Å². The lowest BCUT2D eigenvalue weighted by Gasteiger charge is -2.30. The fourth-order valence-corrected chi connectivity index (χ4v) is 4.10. The molecule has 158 valence electrons. The Hall–Kier alpha value is -2.34. The molecule has 0 radical (unpaired) electrons. The summed E-state index contributed by atoms with van der Waals surface area (Å²) in [4.78, 5) is 8.50. The number of aliphatic imine (C=N–C) groups is 1. The van der Waals surface area contributed by atoms with E-state index in [9.17, 15) is 0 Å². The molecule has 29 heavy (non-hydrogen) atoms. The van der Waals surface area contributed by atoms with Gasteiger partial charge < -0.3 is 19.9 Å². The quantitative estimate of drug-likeness (QED) is 0.365. The van der Waals surface area contributed by atoms with Crippen molar-refractivity contribution >= 4 is 5.96 Å². The van der Waals surface area contributed by atoms with Crippen molar-refractivity contribution in [1.29, 1.82) is 0 Å². The van der Waals surface area contributed by atoms with Gasteiger partial charge in [-0.1, -0.05) is 37.1 Å². The lowest BCUT2D eigenvalue weighted by molar-refractivity contribution is 0.105. The zero-order chi connectivity index (χ0) is 20.4. The average molecular weight is 398 g/mol. The van der Waals surface area contributed by atoms with Crippen molar-refractivity contribution in [2.75, 3.05) is 26.8 Å². The van der Waals surface area contributed by atoms with Gasteiger partial charge in [0.05, 0.1) is 6.33 Å². The standard InChI is InChI=1S/C23H35N5O/c1-3-29-15-12-23(10-4-5-11-23)18-27-22(24-2)26-16-20-6-8-21(9-7-20)17-28-14-13-25-19-28/h6-9,13-14,19H,3-5,10-12,15-18H2,1-2H3,(H2,24,26,27). The molecule has 2 aromatic rings. The zero-order valence-corrected chi connectivity index (χ0v) is 17.9. The molecule has 1 aliphatic rings. The molecular weight excluding hydrogens is 362 g/mol. The smallest absolute Gasteiger partial charge is 0.191 e. The third-order valence-corrected chi connectivity index (χ3v) is 5.91. The number of hydrogen-bond donors (Lipinski definition) is 2. The fourth-order valence-electron chi connectivity index (χ4n) is 4.10. The first-order valence-electron chi connectivity index (χ1n) is 10.8. The number of guanidine groups is 1. The number of imidazole rings is 1. The van der Waals surface area contributed by atoms with Crippen LogP contribution < -0.4 is 10.6 Å². The second-order valence-corrected chi connectivity index (χ2v) is 7.98. The Kier molecular flexibility index (Phi) is 8.11. The van der Waals surface area contributed by atoms with Crippen LogP contribution in [0.1, 0.15) is 50.2 Å². The molecule has 0 aliphatic heterocycles. The van der Waals surface area contributed by atoms with Crippen molar-refractivity contribution in [3.05, 3.63) is 54.1 Å². The van der Waals surface area contributed by atoms with Gasteiger partial charge in [-0.25, -0.2) is 4.98 Å². The maximum absolute atomic E-state index is 5.62. The molecule has 0 bridgehead atoms. The Morgan fingerprint density at radius 3 is 2.59 bits per heavy atom. The normalized spacial score (nSPS) is 16.1. The number of hydrogen-bond acceptors (Lipinski definition) is 3. The fraction of sp³-hybridized carbons (Fsp3) is 0.565. The maximum Gasteiger partial charge on any atom is 0.191 e. The van der Waals surface area contributed by atoms with Gasteiger partial charge in [0, 0.05) is 52.3 Å². The van der Waals surface area contributed by atoms with E-state index in [1.54, 1.807) is 0 Å². The largest absolute Gasteiger partial charge is 0.382 e. The molecule has 1 fully saturated rings. The molecule has 1 heterocycles. The highest BCUT2D eigenvalue weighted by Crippen LogP contribution is 2.40. The monoisotopic (exact) mass is 397 g/mol. The SMILES string of the molecule is CCOCCC1(CNC(=NC)NCc2ccc(Cn3ccnc3)cc2)CCCC1. The van der Waals surface area contributed by atoms with Crippen molar-refractivity contribution in [1.82, 2.24) is 20.2 Å². The second kappa shape index (κ2) is 11.0. The number of ether oxygens (including phenoxy) is 1. The third kappa shape index (κ3) is 6.60. The van der Waals surface area contributed by atoms with Crippen LogP contribution in [0.3, 0.4) is 0 Å². The lowest BCUT2D eigenvalue weighted by Crippen LogP contribution is -2.43. The first-order valence-corrected chi connectivity index (χ1v) is 10.8. The summed E-state index contributed by atoms with van der Waals surface area (Å²) in [6, 6.07) is 8.70. The van der Waals surface area contributed by atoms with Gasteiger partial charge in [0.15, 0.2) is 5.96 Å². The number of rotatable bonds is 10. The predicted molar refractivity (Wildman–Crippen MR) is 118 cm³/mol. The van der Waals surface area contributed by atoms with E-state index in [1.807, 2.05) is 25.8 Å². The van der Waals surface area contributed by atoms with E-state index in [0.29, 0.717) is 5.41 Å². The van der Waals surface area contributed by atoms with Gasteiger partial charge in [-0.3, -0.25) is 4.99 Å². The van der Waals surface area contributed by atoms with Crippen LogP contribution >= 0.6 is 0 Å². The molecule has 0 amide bonds. The first-order chi connectivity index (χ1) is 14.2. The van der Waals surface area contributed by atoms with Crippen LogP contribution in [0.2, 0.25) is 0 Å². The van der Waals surface area contributed by atoms with E-state index in [2.05, 4.69) is 56.4 Å². The second-order valence-electron chi connectivity index (χ2n) is 7.98. The summed E-state index contributed by atoms with van der Waals surface area (Å²) < 4.78 is 7.70. The van der Waals surface area contributed by atoms with E-state index < -0.39 is 0 Å². The Labute approximate surface area is 174 Å². The number of aromatic nitrogens is 2. The summed E-state index contributed by atoms with van der Waals surface area (Å²) in [7, 11) is 1.84. The molecular formula is C23H35N5O. The molecule has 1 aromatic heterocycles. The minimum atomic E-state index is 0.349. The molecule has 1 saturated carbocycles. The van der Waals surface area contributed by atoms with E-state index >= 15 is 0 Å². The molecule has 0 atom stereocenters. The van der Waals surface area contributed by atoms with Crippen molar-refractivity contribution in [2.45, 2.75) is 52.1 Å². The van der Waals surface area contributed by atoms with Crippen LogP contribution in [0.25, 0.3) is 0 Å². The Bertz CT molecular complexity index is 733. The molecule has 0 unspecified atom stereocenters. The Balaban J connectivity index is 1.46. The van der Waals surface area contributed by atoms with Gasteiger partial charge in [-0.05, 0) is 42.7 Å². The highest BCUT2D eigenvalue weighted by molar-refractivity contribution is 5.79. The summed E-state index contributed by atoms with van der Waals surface area (Å²) in [5, 5.41) is 7.02. The topological polar surface area (TPSA) is 63.5 Å². The van der Waals surface area contributed by atoms with Gasteiger partial charge in [0.1, 0.15) is 0 Å². The molecule has 1 aliphatic carbocycles. The maximum atomic E-state index is 5.62. The Morgan fingerprint density at radius 2 is 1.93 bits per heavy atom. The third-order valence-electron chi connectivity index (χ3n) is 5.91. The number of nitrogens with zero attached hydrogens (tertiary/aromatic N) is 3. The molecule has 6 heteroatoms. The van der Waals surface area contributed by atoms with Crippen LogP contribution in [-0.4, -0.2) is 42.3 Å². The molecule has 3 rings (SSSR count). The zero-order valence-electron chi connectivity index (χ0n) is 17.9. The van der Waals surface area contributed by atoms with Crippen molar-refractivity contribution in [2.24, 2.45) is 10.4 Å². The summed E-state index contributed by atoms with van der Waals surface area (Å²) in [6.07, 6.45) is 12.0. The van der Waals surface area contributed by atoms with Gasteiger partial charge >= 0.3 is 0 Å². The number of nitrogens with one attached hydrogen (secondary N) is 2. The van der Waals surface area contributed by atoms with Gasteiger partial charge in [0.2, 0.25) is 0 Å². The molecule has 6 nitrogen and oxygen atoms in total. The van der Waals surface area contributed by atoms with Crippen LogP contribution in [0, 0.1) is 5.41 Å². The highest BCUT2D eigenvalue weighted by Gasteiger charge is 2.33. The lowest BCUT2D eigenvalue weighted by atomic mass is 9.83. The summed E-state index contributed by atoms with van der Waals surface area (Å²) >= 11 is 0. The summed E-state index contributed by atoms with van der Waals surface area (Å²) in [5.41, 5.74) is 2.86. The minimum Gasteiger partial charge on any atom is -0.382 e. The predicted octanol–water partition coefficient (Wildman–Crippen LogP) is 3.58. The van der Waals surface area contributed by atoms with Gasteiger partial charge in [0.25, 0.3) is 0 Å². The van der Waals surface area contributed by atoms with Gasteiger partial charge in [-0.2, -0.15) is 0 Å². The van der Waals surface area contributed by atoms with E-state index in [0.717, 1.165) is 45.2 Å². The first kappa shape index (κ1) is 21.4. The highest BCUT2D eigenvalue weighted by atomic mass is 16.5. The van der Waals surface area contributed by atoms with Crippen LogP contribution in [0.5, 0.6) is 0 Å². The molecule has 1 aromatic carbocycles. The average Bonchev–Trinajstić information content (AvgIpc) is 3.42. The van der Waals surface area contributed by atoms with Crippen molar-refractivity contribution in [3.63, 3.8) is 0 Å². The van der Waals surface area contributed by atoms with E-state index in [4.69, 9.17) is 4.74 Å². The van der Waals surface area contributed by atoms with Crippen LogP contribution in [0.4, 0.5) is 0 Å².